The van der Waals surface area contributed by atoms with Crippen LogP contribution in [0.2, 0.25) is 0 Å². The molecule has 3 N–H and O–H groups in total. The Morgan fingerprint density at radius 1 is 1.12 bits per heavy atom. The van der Waals surface area contributed by atoms with Crippen molar-refractivity contribution >= 4 is 11.8 Å². The summed E-state index contributed by atoms with van der Waals surface area (Å²) in [5.74, 6) is 0.159. The van der Waals surface area contributed by atoms with E-state index in [4.69, 9.17) is 0 Å². The van der Waals surface area contributed by atoms with E-state index < -0.39 is 0 Å². The molecule has 0 heterocycles. The van der Waals surface area contributed by atoms with Crippen LogP contribution < -0.4 is 10.6 Å². The van der Waals surface area contributed by atoms with Crippen LogP contribution in [0.5, 0.6) is 5.75 Å². The quantitative estimate of drug-likeness (QED) is 0.701. The number of amides is 2. The van der Waals surface area contributed by atoms with Crippen LogP contribution in [0.1, 0.15) is 67.8 Å². The molecule has 1 fully saturated rings. The van der Waals surface area contributed by atoms with E-state index >= 15 is 0 Å². The monoisotopic (exact) mass is 332 g/mol. The molecule has 0 spiro atoms. The second-order valence-electron chi connectivity index (χ2n) is 6.81. The number of phenols is 1. The number of aromatic hydroxyl groups is 1. The fraction of sp³-hybridized carbons (Fsp3) is 0.579. The van der Waals surface area contributed by atoms with Gasteiger partial charge < -0.3 is 15.7 Å². The smallest absolute Gasteiger partial charge is 0.255 e. The molecule has 0 saturated heterocycles. The summed E-state index contributed by atoms with van der Waals surface area (Å²) in [6.07, 6.45) is 5.40. The summed E-state index contributed by atoms with van der Waals surface area (Å²) in [7, 11) is 0. The van der Waals surface area contributed by atoms with Crippen LogP contribution in [0.25, 0.3) is 0 Å². The third kappa shape index (κ3) is 4.98. The summed E-state index contributed by atoms with van der Waals surface area (Å²) in [5, 5.41) is 15.5. The number of nitrogens with one attached hydrogen (secondary N) is 2. The van der Waals surface area contributed by atoms with E-state index in [2.05, 4.69) is 10.6 Å². The largest absolute Gasteiger partial charge is 0.507 e. The molecular formula is C19H28N2O3. The zero-order valence-electron chi connectivity index (χ0n) is 14.6. The molecule has 0 aromatic heterocycles. The molecule has 0 aliphatic heterocycles. The molecule has 1 aliphatic carbocycles. The van der Waals surface area contributed by atoms with E-state index in [1.165, 1.54) is 6.42 Å². The van der Waals surface area contributed by atoms with Gasteiger partial charge in [0.15, 0.2) is 0 Å². The van der Waals surface area contributed by atoms with Crippen molar-refractivity contribution in [1.82, 2.24) is 10.6 Å². The number of phenolic OH excluding ortho intramolecular Hbond substituents is 1. The Kier molecular flexibility index (Phi) is 6.64. The van der Waals surface area contributed by atoms with Crippen LogP contribution in [0.4, 0.5) is 0 Å². The molecule has 2 rings (SSSR count). The molecule has 0 unspecified atom stereocenters. The highest BCUT2D eigenvalue weighted by Crippen LogP contribution is 2.24. The van der Waals surface area contributed by atoms with Gasteiger partial charge in [-0.25, -0.2) is 0 Å². The number of rotatable bonds is 6. The van der Waals surface area contributed by atoms with Crippen LogP contribution in [-0.2, 0) is 4.79 Å². The Hall–Kier alpha value is -2.04. The van der Waals surface area contributed by atoms with Crippen molar-refractivity contribution < 1.29 is 14.7 Å². The molecule has 0 atom stereocenters. The Bertz CT molecular complexity index is 578. The minimum Gasteiger partial charge on any atom is -0.507 e. The van der Waals surface area contributed by atoms with Crippen molar-refractivity contribution in [2.45, 2.75) is 51.9 Å². The van der Waals surface area contributed by atoms with Gasteiger partial charge >= 0.3 is 0 Å². The highest BCUT2D eigenvalue weighted by Gasteiger charge is 2.20. The van der Waals surface area contributed by atoms with Crippen molar-refractivity contribution in [1.29, 1.82) is 0 Å². The van der Waals surface area contributed by atoms with Crippen LogP contribution in [0, 0.1) is 5.92 Å². The maximum atomic E-state index is 12.2. The lowest BCUT2D eigenvalue weighted by atomic mass is 9.89. The molecule has 1 aromatic carbocycles. The molecule has 2 amide bonds. The predicted octanol–water partition coefficient (Wildman–Crippen LogP) is 2.94. The minimum absolute atomic E-state index is 0.0249. The number of carbonyl (C=O) groups excluding carboxylic acids is 2. The average Bonchev–Trinajstić information content (AvgIpc) is 2.59. The first kappa shape index (κ1) is 18.3. The lowest BCUT2D eigenvalue weighted by molar-refractivity contribution is -0.125. The highest BCUT2D eigenvalue weighted by atomic mass is 16.3. The third-order valence-corrected chi connectivity index (χ3v) is 4.62. The van der Waals surface area contributed by atoms with Crippen molar-refractivity contribution in [2.24, 2.45) is 5.92 Å². The zero-order valence-corrected chi connectivity index (χ0v) is 14.6. The first-order chi connectivity index (χ1) is 11.5. The molecule has 24 heavy (non-hydrogen) atoms. The van der Waals surface area contributed by atoms with Gasteiger partial charge in [0.2, 0.25) is 5.91 Å². The van der Waals surface area contributed by atoms with E-state index in [0.717, 1.165) is 31.2 Å². The third-order valence-electron chi connectivity index (χ3n) is 4.62. The Morgan fingerprint density at radius 3 is 2.46 bits per heavy atom. The van der Waals surface area contributed by atoms with Gasteiger partial charge in [-0.1, -0.05) is 39.2 Å². The first-order valence-electron chi connectivity index (χ1n) is 8.88. The van der Waals surface area contributed by atoms with Crippen LogP contribution in [0.3, 0.4) is 0 Å². The van der Waals surface area contributed by atoms with Gasteiger partial charge in [-0.05, 0) is 36.5 Å². The SMILES string of the molecule is CC(C)c1ccc(O)c(C(=O)NCCNC(=O)C2CCCCC2)c1. The van der Waals surface area contributed by atoms with Crippen molar-refractivity contribution in [3.8, 4) is 5.75 Å². The fourth-order valence-electron chi connectivity index (χ4n) is 3.06. The summed E-state index contributed by atoms with van der Waals surface area (Å²) in [4.78, 5) is 24.2. The zero-order chi connectivity index (χ0) is 17.5. The van der Waals surface area contributed by atoms with Gasteiger partial charge in [-0.15, -0.1) is 0 Å². The summed E-state index contributed by atoms with van der Waals surface area (Å²) >= 11 is 0. The molecule has 0 radical (unpaired) electrons. The molecule has 1 aromatic rings. The first-order valence-corrected chi connectivity index (χ1v) is 8.88. The van der Waals surface area contributed by atoms with E-state index in [1.54, 1.807) is 12.1 Å². The minimum atomic E-state index is -0.318. The van der Waals surface area contributed by atoms with Gasteiger partial charge in [0.1, 0.15) is 5.75 Å². The van der Waals surface area contributed by atoms with Crippen LogP contribution in [0.15, 0.2) is 18.2 Å². The topological polar surface area (TPSA) is 78.4 Å². The van der Waals surface area contributed by atoms with Crippen LogP contribution >= 0.6 is 0 Å². The number of hydrogen-bond donors (Lipinski definition) is 3. The van der Waals surface area contributed by atoms with Gasteiger partial charge in [-0.3, -0.25) is 9.59 Å². The molecule has 132 valence electrons. The number of hydrogen-bond acceptors (Lipinski definition) is 3. The van der Waals surface area contributed by atoms with Crippen molar-refractivity contribution in [3.63, 3.8) is 0 Å². The lowest BCUT2D eigenvalue weighted by Gasteiger charge is -2.20. The molecule has 0 bridgehead atoms. The van der Waals surface area contributed by atoms with Gasteiger partial charge in [0.05, 0.1) is 5.56 Å². The van der Waals surface area contributed by atoms with Gasteiger partial charge in [0.25, 0.3) is 5.91 Å². The second kappa shape index (κ2) is 8.71. The lowest BCUT2D eigenvalue weighted by Crippen LogP contribution is -2.38. The summed E-state index contributed by atoms with van der Waals surface area (Å²) < 4.78 is 0. The standard InChI is InChI=1S/C19H28N2O3/c1-13(2)15-8-9-17(22)16(12-15)19(24)21-11-10-20-18(23)14-6-4-3-5-7-14/h8-9,12-14,22H,3-7,10-11H2,1-2H3,(H,20,23)(H,21,24). The van der Waals surface area contributed by atoms with Crippen LogP contribution in [-0.4, -0.2) is 30.0 Å². The van der Waals surface area contributed by atoms with Gasteiger partial charge in [0, 0.05) is 19.0 Å². The molecule has 1 saturated carbocycles. The molecular weight excluding hydrogens is 304 g/mol. The maximum Gasteiger partial charge on any atom is 0.255 e. The Morgan fingerprint density at radius 2 is 1.79 bits per heavy atom. The average molecular weight is 332 g/mol. The predicted molar refractivity (Wildman–Crippen MR) is 94.1 cm³/mol. The Balaban J connectivity index is 1.79. The van der Waals surface area contributed by atoms with Crippen molar-refractivity contribution in [2.75, 3.05) is 13.1 Å². The summed E-state index contributed by atoms with van der Waals surface area (Å²) in [5.41, 5.74) is 1.28. The Labute approximate surface area is 143 Å². The number of benzene rings is 1. The van der Waals surface area contributed by atoms with E-state index in [9.17, 15) is 14.7 Å². The highest BCUT2D eigenvalue weighted by molar-refractivity contribution is 5.97. The van der Waals surface area contributed by atoms with E-state index in [-0.39, 0.29) is 35.0 Å². The van der Waals surface area contributed by atoms with E-state index in [0.29, 0.717) is 13.1 Å². The molecule has 5 nitrogen and oxygen atoms in total. The summed E-state index contributed by atoms with van der Waals surface area (Å²) in [6, 6.07) is 5.09. The summed E-state index contributed by atoms with van der Waals surface area (Å²) in [6.45, 7) is 4.83. The van der Waals surface area contributed by atoms with E-state index in [1.807, 2.05) is 19.9 Å². The molecule has 1 aliphatic rings. The second-order valence-corrected chi connectivity index (χ2v) is 6.81. The number of carbonyl (C=O) groups is 2. The maximum absolute atomic E-state index is 12.2. The van der Waals surface area contributed by atoms with Crippen molar-refractivity contribution in [3.05, 3.63) is 29.3 Å². The fourth-order valence-corrected chi connectivity index (χ4v) is 3.06. The normalized spacial score (nSPS) is 15.3. The van der Waals surface area contributed by atoms with Gasteiger partial charge in [-0.2, -0.15) is 0 Å². The molecule has 5 heteroatoms.